The second-order valence-electron chi connectivity index (χ2n) is 8.79. The number of Topliss-reactive ketones (excluding diaryl/α,β-unsaturated/α-hetero) is 2. The van der Waals surface area contributed by atoms with Gasteiger partial charge >= 0.3 is 0 Å². The Morgan fingerprint density at radius 1 is 1.14 bits per heavy atom. The Kier molecular flexibility index (Phi) is 8.08. The van der Waals surface area contributed by atoms with E-state index in [1.165, 1.54) is 25.1 Å². The first-order chi connectivity index (χ1) is 15.9. The van der Waals surface area contributed by atoms with Crippen LogP contribution in [-0.4, -0.2) is 90.2 Å². The molecule has 35 heavy (non-hydrogen) atoms. The molecule has 1 fully saturated rings. The molecule has 0 bridgehead atoms. The number of likely N-dealkylation sites (N-methyl/N-ethyl adjacent to an activating group) is 1. The molecule has 0 heterocycles. The maximum Gasteiger partial charge on any atom is 0.255 e. The maximum absolute atomic E-state index is 13.7. The van der Waals surface area contributed by atoms with E-state index in [1.807, 2.05) is 4.93 Å². The van der Waals surface area contributed by atoms with Crippen LogP contribution in [-0.2, 0) is 14.4 Å². The van der Waals surface area contributed by atoms with Crippen LogP contribution < -0.4 is 5.73 Å². The number of aliphatic hydroxyl groups excluding tert-OH is 3. The van der Waals surface area contributed by atoms with Gasteiger partial charge in [-0.3, -0.25) is 19.3 Å². The Morgan fingerprint density at radius 2 is 1.71 bits per heavy atom. The van der Waals surface area contributed by atoms with E-state index < -0.39 is 75.6 Å². The predicted molar refractivity (Wildman–Crippen MR) is 134 cm³/mol. The lowest BCUT2D eigenvalue weighted by Crippen LogP contribution is -2.70. The summed E-state index contributed by atoms with van der Waals surface area (Å²) in [5.41, 5.74) is 1.47. The number of nitrogens with zero attached hydrogens (tertiary/aromatic N) is 1. The Bertz CT molecular complexity index is 1150. The van der Waals surface area contributed by atoms with Crippen molar-refractivity contribution in [2.45, 2.75) is 30.6 Å². The van der Waals surface area contributed by atoms with Crippen LogP contribution in [0, 0.1) is 11.8 Å². The number of rotatable bonds is 2. The van der Waals surface area contributed by atoms with Crippen molar-refractivity contribution in [1.82, 2.24) is 4.90 Å². The van der Waals surface area contributed by atoms with Crippen molar-refractivity contribution < 1.29 is 45.4 Å². The molecule has 3 aliphatic carbocycles. The molecule has 192 valence electrons. The van der Waals surface area contributed by atoms with Gasteiger partial charge in [0.25, 0.3) is 5.91 Å². The van der Waals surface area contributed by atoms with E-state index in [0.29, 0.717) is 5.56 Å². The van der Waals surface area contributed by atoms with Gasteiger partial charge in [0.1, 0.15) is 22.8 Å². The second kappa shape index (κ2) is 9.85. The topological polar surface area (TPSA) is 213 Å². The van der Waals surface area contributed by atoms with Gasteiger partial charge < -0.3 is 36.7 Å². The van der Waals surface area contributed by atoms with Gasteiger partial charge in [-0.15, -0.1) is 0 Å². The Morgan fingerprint density at radius 3 is 2.23 bits per heavy atom. The molecule has 1 aromatic carbocycles. The number of nitrogens with two attached hydrogens (primary N) is 1. The molecule has 3 aliphatic rings. The molecular weight excluding hydrogens is 575 g/mol. The highest BCUT2D eigenvalue weighted by Gasteiger charge is 2.68. The number of primary amides is 1. The van der Waals surface area contributed by atoms with E-state index in [0.717, 1.165) is 0 Å². The third-order valence-corrected chi connectivity index (χ3v) is 6.99. The quantitative estimate of drug-likeness (QED) is 0.149. The number of halogens is 1. The number of benzene rings is 1. The minimum absolute atomic E-state index is 0. The largest absolute Gasteiger partial charge is 0.508 e. The zero-order valence-corrected chi connectivity index (χ0v) is 21.6. The summed E-state index contributed by atoms with van der Waals surface area (Å²) in [5, 5.41) is 54.9. The number of fused-ring (bicyclic) bond motifs is 3. The minimum Gasteiger partial charge on any atom is -0.508 e. The summed E-state index contributed by atoms with van der Waals surface area (Å²) in [6, 6.07) is 3.13. The van der Waals surface area contributed by atoms with E-state index in [2.05, 4.69) is 22.6 Å². The van der Waals surface area contributed by atoms with Crippen LogP contribution >= 0.6 is 22.6 Å². The Hall–Kier alpha value is -2.52. The fourth-order valence-corrected chi connectivity index (χ4v) is 5.58. The SMILES string of the molecule is CI.C[C@H]1c2cccc(O)c2C(O)=C2C(=O)[C@]3(O)C(O)=C(C(N)=O)C(=O)[C@@H](N(C)C)[C@@H]3[C@@H](O)[C@@H]21.O. The number of phenolic OH excluding ortho intramolecular Hbond substituents is 1. The number of ketones is 2. The molecule has 11 nitrogen and oxygen atoms in total. The number of alkyl halides is 1. The van der Waals surface area contributed by atoms with E-state index in [9.17, 15) is 39.9 Å². The van der Waals surface area contributed by atoms with Crippen LogP contribution in [0.1, 0.15) is 24.0 Å². The standard InChI is InChI=1S/C22H24N2O8.CH3I.H2O/c1-7-8-5-4-6-9(25)11(8)16(26)12-10(7)17(27)14-15(24(2)3)18(28)13(21(23)31)20(30)22(14,32)19(12)29;1-2;/h4-7,10,14-15,17,25-27,30,32H,1-3H3,(H2,23,31);1H3;1H2/t7-,10+,14+,15-,17-,22-;;/m0../s1. The average molecular weight is 604 g/mol. The lowest BCUT2D eigenvalue weighted by atomic mass is 9.54. The molecule has 1 saturated carbocycles. The van der Waals surface area contributed by atoms with Gasteiger partial charge in [-0.2, -0.15) is 0 Å². The van der Waals surface area contributed by atoms with Crippen molar-refractivity contribution in [3.05, 3.63) is 46.2 Å². The van der Waals surface area contributed by atoms with Crippen LogP contribution in [0.2, 0.25) is 0 Å². The summed E-state index contributed by atoms with van der Waals surface area (Å²) < 4.78 is 0. The summed E-state index contributed by atoms with van der Waals surface area (Å²) in [6.07, 6.45) is -1.59. The molecule has 6 atom stereocenters. The third-order valence-electron chi connectivity index (χ3n) is 6.99. The highest BCUT2D eigenvalue weighted by Crippen LogP contribution is 2.55. The van der Waals surface area contributed by atoms with Gasteiger partial charge in [0.15, 0.2) is 11.4 Å². The first-order valence-corrected chi connectivity index (χ1v) is 12.6. The van der Waals surface area contributed by atoms with Crippen LogP contribution in [0.4, 0.5) is 0 Å². The molecule has 0 spiro atoms. The number of hydrogen-bond donors (Lipinski definition) is 6. The number of phenols is 1. The molecule has 0 aromatic heterocycles. The average Bonchev–Trinajstić information content (AvgIpc) is 2.77. The maximum atomic E-state index is 13.7. The normalized spacial score (nSPS) is 31.6. The Labute approximate surface area is 215 Å². The van der Waals surface area contributed by atoms with Crippen LogP contribution in [0.25, 0.3) is 5.76 Å². The predicted octanol–water partition coefficient (Wildman–Crippen LogP) is -0.278. The van der Waals surface area contributed by atoms with Crippen LogP contribution in [0.3, 0.4) is 0 Å². The van der Waals surface area contributed by atoms with E-state index in [1.54, 1.807) is 19.1 Å². The molecule has 1 aromatic rings. The third kappa shape index (κ3) is 3.74. The highest BCUT2D eigenvalue weighted by molar-refractivity contribution is 14.1. The molecule has 9 N–H and O–H groups in total. The zero-order chi connectivity index (χ0) is 25.9. The zero-order valence-electron chi connectivity index (χ0n) is 19.5. The summed E-state index contributed by atoms with van der Waals surface area (Å²) in [5.74, 6) is -8.87. The monoisotopic (exact) mass is 604 g/mol. The molecular formula is C23H29IN2O9. The van der Waals surface area contributed by atoms with Gasteiger partial charge in [0, 0.05) is 11.5 Å². The summed E-state index contributed by atoms with van der Waals surface area (Å²) in [7, 11) is 2.92. The second-order valence-corrected chi connectivity index (χ2v) is 8.79. The number of hydrogen-bond acceptors (Lipinski definition) is 9. The molecule has 0 saturated heterocycles. The van der Waals surface area contributed by atoms with Crippen molar-refractivity contribution in [2.24, 2.45) is 17.6 Å². The number of carbonyl (C=O) groups is 3. The van der Waals surface area contributed by atoms with Crippen molar-refractivity contribution in [3.63, 3.8) is 0 Å². The minimum atomic E-state index is -2.89. The van der Waals surface area contributed by atoms with E-state index in [-0.39, 0.29) is 16.8 Å². The van der Waals surface area contributed by atoms with E-state index in [4.69, 9.17) is 5.73 Å². The van der Waals surface area contributed by atoms with Gasteiger partial charge in [-0.05, 0) is 36.6 Å². The fraction of sp³-hybridized carbons (Fsp3) is 0.435. The molecule has 0 aliphatic heterocycles. The fourth-order valence-electron chi connectivity index (χ4n) is 5.58. The van der Waals surface area contributed by atoms with Gasteiger partial charge in [0.2, 0.25) is 5.78 Å². The van der Waals surface area contributed by atoms with E-state index >= 15 is 0 Å². The lowest BCUT2D eigenvalue weighted by molar-refractivity contribution is -0.169. The van der Waals surface area contributed by atoms with Gasteiger partial charge in [0.05, 0.1) is 23.6 Å². The molecule has 1 amide bonds. The van der Waals surface area contributed by atoms with Gasteiger partial charge in [-0.25, -0.2) is 0 Å². The molecule has 0 unspecified atom stereocenters. The first kappa shape index (κ1) is 28.7. The number of amides is 1. The van der Waals surface area contributed by atoms with Crippen LogP contribution in [0.15, 0.2) is 35.1 Å². The number of carbonyl (C=O) groups excluding carboxylic acids is 3. The summed E-state index contributed by atoms with van der Waals surface area (Å²) in [6.45, 7) is 1.68. The summed E-state index contributed by atoms with van der Waals surface area (Å²) in [4.78, 5) is 41.9. The molecule has 4 rings (SSSR count). The van der Waals surface area contributed by atoms with Crippen LogP contribution in [0.5, 0.6) is 5.75 Å². The molecule has 12 heteroatoms. The summed E-state index contributed by atoms with van der Waals surface area (Å²) >= 11 is 2.15. The Balaban J connectivity index is 0.00000140. The van der Waals surface area contributed by atoms with Gasteiger partial charge in [-0.1, -0.05) is 41.6 Å². The lowest BCUT2D eigenvalue weighted by Gasteiger charge is -2.53. The van der Waals surface area contributed by atoms with Crippen molar-refractivity contribution in [2.75, 3.05) is 19.0 Å². The number of aliphatic hydroxyl groups is 4. The molecule has 0 radical (unpaired) electrons. The van der Waals surface area contributed by atoms with Crippen molar-refractivity contribution >= 4 is 45.8 Å². The van der Waals surface area contributed by atoms with Crippen molar-refractivity contribution in [3.8, 4) is 5.75 Å². The smallest absolute Gasteiger partial charge is 0.255 e. The number of aromatic hydroxyl groups is 1. The highest BCUT2D eigenvalue weighted by atomic mass is 127. The first-order valence-electron chi connectivity index (χ1n) is 10.4. The van der Waals surface area contributed by atoms with Crippen molar-refractivity contribution in [1.29, 1.82) is 0 Å².